The largest absolute Gasteiger partial charge is 0.506 e. The van der Waals surface area contributed by atoms with E-state index < -0.39 is 0 Å². The summed E-state index contributed by atoms with van der Waals surface area (Å²) in [6, 6.07) is 8.52. The SMILES string of the molecule is O=c1[nH]c2cccc(O)c2n1Cc1ccco1. The van der Waals surface area contributed by atoms with Crippen LogP contribution in [0, 0.1) is 0 Å². The molecule has 0 amide bonds. The second-order valence-electron chi connectivity index (χ2n) is 3.77. The highest BCUT2D eigenvalue weighted by Gasteiger charge is 2.11. The minimum Gasteiger partial charge on any atom is -0.506 e. The number of nitrogens with zero attached hydrogens (tertiary/aromatic N) is 1. The van der Waals surface area contributed by atoms with E-state index in [1.54, 1.807) is 36.6 Å². The van der Waals surface area contributed by atoms with Crippen LogP contribution in [0.3, 0.4) is 0 Å². The average Bonchev–Trinajstić information content (AvgIpc) is 2.89. The third-order valence-corrected chi connectivity index (χ3v) is 2.67. The summed E-state index contributed by atoms with van der Waals surface area (Å²) in [7, 11) is 0. The van der Waals surface area contributed by atoms with Gasteiger partial charge in [-0.25, -0.2) is 4.79 Å². The molecule has 0 atom stereocenters. The molecule has 86 valence electrons. The van der Waals surface area contributed by atoms with Crippen molar-refractivity contribution in [2.45, 2.75) is 6.54 Å². The molecule has 0 spiro atoms. The highest BCUT2D eigenvalue weighted by molar-refractivity contribution is 5.81. The van der Waals surface area contributed by atoms with E-state index in [0.717, 1.165) is 0 Å². The fraction of sp³-hybridized carbons (Fsp3) is 0.0833. The van der Waals surface area contributed by atoms with Crippen molar-refractivity contribution < 1.29 is 9.52 Å². The lowest BCUT2D eigenvalue weighted by atomic mass is 10.3. The first-order valence-corrected chi connectivity index (χ1v) is 5.18. The average molecular weight is 230 g/mol. The first-order chi connectivity index (χ1) is 8.25. The summed E-state index contributed by atoms with van der Waals surface area (Å²) >= 11 is 0. The Bertz CT molecular complexity index is 707. The van der Waals surface area contributed by atoms with Crippen LogP contribution in [-0.2, 0) is 6.54 Å². The molecule has 0 bridgehead atoms. The van der Waals surface area contributed by atoms with E-state index in [4.69, 9.17) is 4.42 Å². The van der Waals surface area contributed by atoms with Gasteiger partial charge in [-0.2, -0.15) is 0 Å². The minimum absolute atomic E-state index is 0.0763. The summed E-state index contributed by atoms with van der Waals surface area (Å²) < 4.78 is 6.64. The summed E-state index contributed by atoms with van der Waals surface area (Å²) in [5.41, 5.74) is 0.841. The number of rotatable bonds is 2. The molecule has 17 heavy (non-hydrogen) atoms. The predicted molar refractivity (Wildman–Crippen MR) is 62.0 cm³/mol. The van der Waals surface area contributed by atoms with E-state index in [-0.39, 0.29) is 11.4 Å². The van der Waals surface area contributed by atoms with Crippen molar-refractivity contribution in [1.82, 2.24) is 9.55 Å². The van der Waals surface area contributed by atoms with E-state index in [2.05, 4.69) is 4.98 Å². The highest BCUT2D eigenvalue weighted by Crippen LogP contribution is 2.22. The number of benzene rings is 1. The molecule has 0 saturated carbocycles. The fourth-order valence-electron chi connectivity index (χ4n) is 1.91. The Labute approximate surface area is 95.9 Å². The van der Waals surface area contributed by atoms with Crippen molar-refractivity contribution >= 4 is 11.0 Å². The fourth-order valence-corrected chi connectivity index (χ4v) is 1.91. The Balaban J connectivity index is 2.21. The monoisotopic (exact) mass is 230 g/mol. The number of phenols is 1. The van der Waals surface area contributed by atoms with Crippen LogP contribution in [-0.4, -0.2) is 14.7 Å². The topological polar surface area (TPSA) is 71.2 Å². The van der Waals surface area contributed by atoms with Crippen LogP contribution in [0.2, 0.25) is 0 Å². The Kier molecular flexibility index (Phi) is 2.04. The van der Waals surface area contributed by atoms with E-state index in [1.807, 2.05) is 0 Å². The number of aromatic amines is 1. The number of furan rings is 1. The molecule has 0 radical (unpaired) electrons. The molecular weight excluding hydrogens is 220 g/mol. The van der Waals surface area contributed by atoms with E-state index in [1.165, 1.54) is 4.57 Å². The lowest BCUT2D eigenvalue weighted by Crippen LogP contribution is -2.17. The van der Waals surface area contributed by atoms with Gasteiger partial charge in [-0.15, -0.1) is 0 Å². The first kappa shape index (κ1) is 9.77. The molecule has 2 aromatic heterocycles. The molecule has 3 aromatic rings. The van der Waals surface area contributed by atoms with E-state index in [9.17, 15) is 9.90 Å². The van der Waals surface area contributed by atoms with Gasteiger partial charge >= 0.3 is 5.69 Å². The molecule has 0 fully saturated rings. The second-order valence-corrected chi connectivity index (χ2v) is 3.77. The molecule has 3 rings (SSSR count). The van der Waals surface area contributed by atoms with Crippen LogP contribution < -0.4 is 5.69 Å². The number of fused-ring (bicyclic) bond motifs is 1. The summed E-state index contributed by atoms with van der Waals surface area (Å²) in [6.07, 6.45) is 1.55. The summed E-state index contributed by atoms with van der Waals surface area (Å²) in [6.45, 7) is 0.295. The summed E-state index contributed by atoms with van der Waals surface area (Å²) in [5, 5.41) is 9.78. The van der Waals surface area contributed by atoms with Crippen LogP contribution >= 0.6 is 0 Å². The molecule has 2 heterocycles. The van der Waals surface area contributed by atoms with Crippen LogP contribution in [0.1, 0.15) is 5.76 Å². The number of nitrogens with one attached hydrogen (secondary N) is 1. The number of para-hydroxylation sites is 1. The number of aromatic nitrogens is 2. The smallest absolute Gasteiger partial charge is 0.326 e. The number of hydrogen-bond acceptors (Lipinski definition) is 3. The Morgan fingerprint density at radius 3 is 2.94 bits per heavy atom. The number of imidazole rings is 1. The summed E-state index contributed by atoms with van der Waals surface area (Å²) in [4.78, 5) is 14.5. The van der Waals surface area contributed by atoms with Crippen LogP contribution in [0.4, 0.5) is 0 Å². The van der Waals surface area contributed by atoms with Crippen molar-refractivity contribution in [1.29, 1.82) is 0 Å². The highest BCUT2D eigenvalue weighted by atomic mass is 16.3. The molecule has 1 aromatic carbocycles. The van der Waals surface area contributed by atoms with Crippen LogP contribution in [0.5, 0.6) is 5.75 Å². The zero-order valence-corrected chi connectivity index (χ0v) is 8.88. The molecule has 5 nitrogen and oxygen atoms in total. The van der Waals surface area contributed by atoms with Crippen molar-refractivity contribution in [2.75, 3.05) is 0 Å². The van der Waals surface area contributed by atoms with Crippen molar-refractivity contribution in [2.24, 2.45) is 0 Å². The zero-order valence-electron chi connectivity index (χ0n) is 8.88. The van der Waals surface area contributed by atoms with Crippen molar-refractivity contribution in [3.63, 3.8) is 0 Å². The quantitative estimate of drug-likeness (QED) is 0.703. The Hall–Kier alpha value is -2.43. The second kappa shape index (κ2) is 3.55. The van der Waals surface area contributed by atoms with Crippen LogP contribution in [0.25, 0.3) is 11.0 Å². The molecule has 0 saturated heterocycles. The molecular formula is C12H10N2O3. The standard InChI is InChI=1S/C12H10N2O3/c15-10-5-1-4-9-11(10)14(12(16)13-9)7-8-3-2-6-17-8/h1-6,15H,7H2,(H,13,16). The zero-order chi connectivity index (χ0) is 11.8. The van der Waals surface area contributed by atoms with Gasteiger partial charge in [0.1, 0.15) is 17.0 Å². The van der Waals surface area contributed by atoms with Gasteiger partial charge < -0.3 is 14.5 Å². The van der Waals surface area contributed by atoms with Crippen molar-refractivity contribution in [3.8, 4) is 5.75 Å². The normalized spacial score (nSPS) is 11.1. The molecule has 0 aliphatic carbocycles. The van der Waals surface area contributed by atoms with E-state index >= 15 is 0 Å². The van der Waals surface area contributed by atoms with Gasteiger partial charge in [0.25, 0.3) is 0 Å². The van der Waals surface area contributed by atoms with Gasteiger partial charge in [-0.05, 0) is 24.3 Å². The van der Waals surface area contributed by atoms with Gasteiger partial charge in [0.15, 0.2) is 0 Å². The molecule has 2 N–H and O–H groups in total. The molecule has 0 unspecified atom stereocenters. The number of hydrogen-bond donors (Lipinski definition) is 2. The predicted octanol–water partition coefficient (Wildman–Crippen LogP) is 1.68. The lowest BCUT2D eigenvalue weighted by Gasteiger charge is -2.01. The number of aromatic hydroxyl groups is 1. The maximum absolute atomic E-state index is 11.8. The number of phenolic OH excluding ortho intramolecular Hbond substituents is 1. The third kappa shape index (κ3) is 1.52. The van der Waals surface area contributed by atoms with Gasteiger partial charge in [0.05, 0.1) is 18.3 Å². The maximum atomic E-state index is 11.8. The van der Waals surface area contributed by atoms with Crippen molar-refractivity contribution in [3.05, 3.63) is 52.8 Å². The van der Waals surface area contributed by atoms with Crippen LogP contribution in [0.15, 0.2) is 45.8 Å². The molecule has 0 aliphatic rings. The first-order valence-electron chi connectivity index (χ1n) is 5.18. The third-order valence-electron chi connectivity index (χ3n) is 2.67. The van der Waals surface area contributed by atoms with Gasteiger partial charge in [0.2, 0.25) is 0 Å². The van der Waals surface area contributed by atoms with Gasteiger partial charge in [-0.1, -0.05) is 6.07 Å². The van der Waals surface area contributed by atoms with E-state index in [0.29, 0.717) is 23.3 Å². The Morgan fingerprint density at radius 1 is 1.29 bits per heavy atom. The lowest BCUT2D eigenvalue weighted by molar-refractivity contribution is 0.471. The molecule has 5 heteroatoms. The van der Waals surface area contributed by atoms with Gasteiger partial charge in [-0.3, -0.25) is 4.57 Å². The maximum Gasteiger partial charge on any atom is 0.326 e. The number of H-pyrrole nitrogens is 1. The Morgan fingerprint density at radius 2 is 2.18 bits per heavy atom. The summed E-state index contributed by atoms with van der Waals surface area (Å²) in [5.74, 6) is 0.739. The minimum atomic E-state index is -0.266. The molecule has 0 aliphatic heterocycles. The van der Waals surface area contributed by atoms with Gasteiger partial charge in [0, 0.05) is 0 Å².